The van der Waals surface area contributed by atoms with Gasteiger partial charge in [-0.05, 0) is 31.3 Å². The third kappa shape index (κ3) is 3.02. The Morgan fingerprint density at radius 1 is 1.53 bits per heavy atom. The summed E-state index contributed by atoms with van der Waals surface area (Å²) in [5.74, 6) is 2.92. The smallest absolute Gasteiger partial charge is 0.226 e. The molecule has 4 nitrogen and oxygen atoms in total. The molecule has 1 atom stereocenters. The van der Waals surface area contributed by atoms with E-state index < -0.39 is 0 Å². The van der Waals surface area contributed by atoms with E-state index in [0.29, 0.717) is 11.8 Å². The lowest BCUT2D eigenvalue weighted by Gasteiger charge is -2.02. The molecule has 4 heteroatoms. The van der Waals surface area contributed by atoms with Crippen molar-refractivity contribution < 1.29 is 4.52 Å². The van der Waals surface area contributed by atoms with Gasteiger partial charge >= 0.3 is 0 Å². The maximum absolute atomic E-state index is 5.20. The standard InChI is InChI=1S/C11H19N3O/c1-8(2)5-11-13-10(14-15-11)6-9-3-4-12-7-9/h8-9,12H,3-7H2,1-2H3. The highest BCUT2D eigenvalue weighted by molar-refractivity contribution is 4.90. The van der Waals surface area contributed by atoms with Crippen LogP contribution >= 0.6 is 0 Å². The average Bonchev–Trinajstić information content (AvgIpc) is 2.77. The summed E-state index contributed by atoms with van der Waals surface area (Å²) < 4.78 is 5.20. The van der Waals surface area contributed by atoms with Crippen LogP contribution in [0.5, 0.6) is 0 Å². The zero-order chi connectivity index (χ0) is 10.7. The van der Waals surface area contributed by atoms with E-state index in [2.05, 4.69) is 29.3 Å². The molecular formula is C11H19N3O. The molecule has 84 valence electrons. The van der Waals surface area contributed by atoms with Crippen LogP contribution in [0, 0.1) is 11.8 Å². The molecule has 0 aliphatic carbocycles. The Kier molecular flexibility index (Phi) is 3.36. The fourth-order valence-electron chi connectivity index (χ4n) is 1.95. The number of nitrogens with zero attached hydrogens (tertiary/aromatic N) is 2. The SMILES string of the molecule is CC(C)Cc1nc(CC2CCNC2)no1. The van der Waals surface area contributed by atoms with Gasteiger partial charge in [0, 0.05) is 12.8 Å². The summed E-state index contributed by atoms with van der Waals surface area (Å²) in [5.41, 5.74) is 0. The number of rotatable bonds is 4. The lowest BCUT2D eigenvalue weighted by atomic mass is 10.1. The average molecular weight is 209 g/mol. The van der Waals surface area contributed by atoms with Crippen molar-refractivity contribution in [2.45, 2.75) is 33.1 Å². The number of hydrogen-bond donors (Lipinski definition) is 1. The summed E-state index contributed by atoms with van der Waals surface area (Å²) in [5, 5.41) is 7.36. The van der Waals surface area contributed by atoms with Crippen LogP contribution < -0.4 is 5.32 Å². The molecule has 1 aromatic heterocycles. The Hall–Kier alpha value is -0.900. The van der Waals surface area contributed by atoms with E-state index >= 15 is 0 Å². The Bertz CT molecular complexity index is 303. The summed E-state index contributed by atoms with van der Waals surface area (Å²) in [7, 11) is 0. The molecule has 2 rings (SSSR count). The molecule has 1 N–H and O–H groups in total. The number of nitrogens with one attached hydrogen (secondary N) is 1. The molecule has 0 amide bonds. The van der Waals surface area contributed by atoms with Crippen LogP contribution in [0.15, 0.2) is 4.52 Å². The van der Waals surface area contributed by atoms with E-state index in [1.807, 2.05) is 0 Å². The van der Waals surface area contributed by atoms with Crippen molar-refractivity contribution in [3.05, 3.63) is 11.7 Å². The zero-order valence-electron chi connectivity index (χ0n) is 9.49. The van der Waals surface area contributed by atoms with Gasteiger partial charge in [0.25, 0.3) is 0 Å². The summed E-state index contributed by atoms with van der Waals surface area (Å²) in [6.07, 6.45) is 3.07. The molecule has 1 aromatic rings. The zero-order valence-corrected chi connectivity index (χ0v) is 9.49. The van der Waals surface area contributed by atoms with E-state index in [-0.39, 0.29) is 0 Å². The third-order valence-electron chi connectivity index (χ3n) is 2.73. The minimum atomic E-state index is 0.575. The fraction of sp³-hybridized carbons (Fsp3) is 0.818. The first-order valence-corrected chi connectivity index (χ1v) is 5.76. The highest BCUT2D eigenvalue weighted by atomic mass is 16.5. The lowest BCUT2D eigenvalue weighted by Crippen LogP contribution is -2.11. The van der Waals surface area contributed by atoms with Gasteiger partial charge < -0.3 is 9.84 Å². The van der Waals surface area contributed by atoms with Crippen molar-refractivity contribution in [2.24, 2.45) is 11.8 Å². The first-order valence-electron chi connectivity index (χ1n) is 5.76. The summed E-state index contributed by atoms with van der Waals surface area (Å²) >= 11 is 0. The van der Waals surface area contributed by atoms with Crippen molar-refractivity contribution in [3.8, 4) is 0 Å². The minimum absolute atomic E-state index is 0.575. The van der Waals surface area contributed by atoms with Crippen LogP contribution in [0.4, 0.5) is 0 Å². The summed E-state index contributed by atoms with van der Waals surface area (Å²) in [4.78, 5) is 4.41. The molecule has 0 bridgehead atoms. The minimum Gasteiger partial charge on any atom is -0.339 e. The van der Waals surface area contributed by atoms with Crippen molar-refractivity contribution >= 4 is 0 Å². The van der Waals surface area contributed by atoms with Crippen LogP contribution in [-0.4, -0.2) is 23.2 Å². The van der Waals surface area contributed by atoms with Crippen LogP contribution in [0.2, 0.25) is 0 Å². The van der Waals surface area contributed by atoms with Crippen LogP contribution in [0.3, 0.4) is 0 Å². The highest BCUT2D eigenvalue weighted by Gasteiger charge is 2.18. The first kappa shape index (κ1) is 10.6. The van der Waals surface area contributed by atoms with Crippen molar-refractivity contribution in [1.82, 2.24) is 15.5 Å². The normalized spacial score (nSPS) is 21.4. The van der Waals surface area contributed by atoms with Gasteiger partial charge in [-0.1, -0.05) is 19.0 Å². The molecule has 1 saturated heterocycles. The second-order valence-corrected chi connectivity index (χ2v) is 4.77. The van der Waals surface area contributed by atoms with E-state index in [0.717, 1.165) is 37.6 Å². The molecule has 0 spiro atoms. The summed E-state index contributed by atoms with van der Waals surface area (Å²) in [6.45, 7) is 6.53. The molecule has 0 radical (unpaired) electrons. The predicted molar refractivity (Wildman–Crippen MR) is 57.5 cm³/mol. The first-order chi connectivity index (χ1) is 7.24. The van der Waals surface area contributed by atoms with E-state index in [1.54, 1.807) is 0 Å². The van der Waals surface area contributed by atoms with Gasteiger partial charge in [-0.25, -0.2) is 0 Å². The Morgan fingerprint density at radius 3 is 3.07 bits per heavy atom. The fourth-order valence-corrected chi connectivity index (χ4v) is 1.95. The quantitative estimate of drug-likeness (QED) is 0.814. The van der Waals surface area contributed by atoms with Gasteiger partial charge in [-0.2, -0.15) is 4.98 Å². The Labute approximate surface area is 90.4 Å². The van der Waals surface area contributed by atoms with Crippen molar-refractivity contribution in [1.29, 1.82) is 0 Å². The molecular weight excluding hydrogens is 190 g/mol. The van der Waals surface area contributed by atoms with Crippen LogP contribution in [0.1, 0.15) is 32.0 Å². The van der Waals surface area contributed by atoms with Crippen LogP contribution in [-0.2, 0) is 12.8 Å². The third-order valence-corrected chi connectivity index (χ3v) is 2.73. The lowest BCUT2D eigenvalue weighted by molar-refractivity contribution is 0.356. The number of hydrogen-bond acceptors (Lipinski definition) is 4. The Morgan fingerprint density at radius 2 is 2.40 bits per heavy atom. The molecule has 1 unspecified atom stereocenters. The molecule has 2 heterocycles. The molecule has 15 heavy (non-hydrogen) atoms. The van der Waals surface area contributed by atoms with E-state index in [1.165, 1.54) is 6.42 Å². The topological polar surface area (TPSA) is 51.0 Å². The maximum atomic E-state index is 5.20. The van der Waals surface area contributed by atoms with Gasteiger partial charge in [0.15, 0.2) is 5.82 Å². The van der Waals surface area contributed by atoms with Gasteiger partial charge in [0.2, 0.25) is 5.89 Å². The predicted octanol–water partition coefficient (Wildman–Crippen LogP) is 1.42. The largest absolute Gasteiger partial charge is 0.339 e. The molecule has 0 saturated carbocycles. The molecule has 1 fully saturated rings. The van der Waals surface area contributed by atoms with Gasteiger partial charge in [-0.3, -0.25) is 0 Å². The Balaban J connectivity index is 1.88. The van der Waals surface area contributed by atoms with E-state index in [4.69, 9.17) is 4.52 Å². The monoisotopic (exact) mass is 209 g/mol. The molecule has 1 aliphatic rings. The van der Waals surface area contributed by atoms with Crippen molar-refractivity contribution in [2.75, 3.05) is 13.1 Å². The molecule has 1 aliphatic heterocycles. The van der Waals surface area contributed by atoms with E-state index in [9.17, 15) is 0 Å². The number of aromatic nitrogens is 2. The second-order valence-electron chi connectivity index (χ2n) is 4.77. The summed E-state index contributed by atoms with van der Waals surface area (Å²) in [6, 6.07) is 0. The van der Waals surface area contributed by atoms with Gasteiger partial charge in [-0.15, -0.1) is 0 Å². The molecule has 0 aromatic carbocycles. The van der Waals surface area contributed by atoms with Gasteiger partial charge in [0.1, 0.15) is 0 Å². The highest BCUT2D eigenvalue weighted by Crippen LogP contribution is 2.14. The second kappa shape index (κ2) is 4.75. The maximum Gasteiger partial charge on any atom is 0.226 e. The van der Waals surface area contributed by atoms with Crippen LogP contribution in [0.25, 0.3) is 0 Å². The van der Waals surface area contributed by atoms with Crippen molar-refractivity contribution in [3.63, 3.8) is 0 Å². The van der Waals surface area contributed by atoms with Gasteiger partial charge in [0.05, 0.1) is 0 Å².